The molecule has 2 aromatic rings. The molecule has 5 nitrogen and oxygen atoms in total. The minimum absolute atomic E-state index is 0.00998. The van der Waals surface area contributed by atoms with Crippen LogP contribution in [0.25, 0.3) is 0 Å². The molecule has 108 valence electrons. The van der Waals surface area contributed by atoms with Gasteiger partial charge >= 0.3 is 0 Å². The number of rotatable bonds is 4. The first-order valence-electron chi connectivity index (χ1n) is 5.45. The van der Waals surface area contributed by atoms with Gasteiger partial charge in [0.1, 0.15) is 5.01 Å². The lowest BCUT2D eigenvalue weighted by atomic mass is 10.3. The third-order valence-electron chi connectivity index (χ3n) is 2.40. The Labute approximate surface area is 134 Å². The number of hydrogen-bond donors (Lipinski definition) is 2. The molecule has 0 radical (unpaired) electrons. The molecule has 0 saturated heterocycles. The summed E-state index contributed by atoms with van der Waals surface area (Å²) in [6, 6.07) is 2.83. The van der Waals surface area contributed by atoms with Crippen molar-refractivity contribution in [2.24, 2.45) is 0 Å². The number of nitrogens with one attached hydrogen (secondary N) is 1. The largest absolute Gasteiger partial charge is 0.398 e. The highest BCUT2D eigenvalue weighted by Gasteiger charge is 2.20. The predicted octanol–water partition coefficient (Wildman–Crippen LogP) is 2.93. The number of halogens is 2. The van der Waals surface area contributed by atoms with Gasteiger partial charge in [0, 0.05) is 21.8 Å². The summed E-state index contributed by atoms with van der Waals surface area (Å²) in [4.78, 5) is 5.13. The van der Waals surface area contributed by atoms with Crippen molar-refractivity contribution >= 4 is 54.6 Å². The van der Waals surface area contributed by atoms with Gasteiger partial charge in [-0.3, -0.25) is 0 Å². The molecule has 0 amide bonds. The molecule has 0 unspecified atom stereocenters. The summed E-state index contributed by atoms with van der Waals surface area (Å²) >= 11 is 10.4. The van der Waals surface area contributed by atoms with Crippen LogP contribution >= 0.6 is 38.9 Å². The quantitative estimate of drug-likeness (QED) is 0.778. The monoisotopic (exact) mass is 395 g/mol. The maximum Gasteiger partial charge on any atom is 0.242 e. The molecule has 1 heterocycles. The van der Waals surface area contributed by atoms with Crippen molar-refractivity contribution < 1.29 is 8.42 Å². The lowest BCUT2D eigenvalue weighted by molar-refractivity contribution is 0.580. The molecule has 1 aromatic carbocycles. The zero-order chi connectivity index (χ0) is 14.9. The van der Waals surface area contributed by atoms with E-state index in [9.17, 15) is 8.42 Å². The molecule has 0 bridgehead atoms. The Balaban J connectivity index is 2.27. The Kier molecular flexibility index (Phi) is 4.70. The first-order valence-corrected chi connectivity index (χ1v) is 8.92. The van der Waals surface area contributed by atoms with Gasteiger partial charge in [-0.25, -0.2) is 18.1 Å². The van der Waals surface area contributed by atoms with Gasteiger partial charge in [-0.05, 0) is 35.0 Å². The number of sulfonamides is 1. The van der Waals surface area contributed by atoms with Crippen molar-refractivity contribution in [1.82, 2.24) is 9.71 Å². The summed E-state index contributed by atoms with van der Waals surface area (Å²) in [5.74, 6) is 0. The zero-order valence-corrected chi connectivity index (χ0v) is 14.3. The lowest BCUT2D eigenvalue weighted by Crippen LogP contribution is -2.23. The number of nitrogens with zero attached hydrogens (tertiary/aromatic N) is 1. The molecule has 3 N–H and O–H groups in total. The van der Waals surface area contributed by atoms with Gasteiger partial charge in [-0.1, -0.05) is 11.6 Å². The molecular formula is C11H11BrClN3O2S2. The second-order valence-electron chi connectivity index (χ2n) is 4.00. The molecule has 0 atom stereocenters. The van der Waals surface area contributed by atoms with Crippen molar-refractivity contribution in [2.75, 3.05) is 5.73 Å². The summed E-state index contributed by atoms with van der Waals surface area (Å²) in [7, 11) is -3.72. The third kappa shape index (κ3) is 3.50. The number of hydrogen-bond acceptors (Lipinski definition) is 5. The van der Waals surface area contributed by atoms with Crippen molar-refractivity contribution in [3.8, 4) is 0 Å². The fraction of sp³-hybridized carbons (Fsp3) is 0.182. The Bertz CT molecular complexity index is 746. The highest BCUT2D eigenvalue weighted by Crippen LogP contribution is 2.31. The number of nitrogens with two attached hydrogens (primary N) is 1. The molecule has 1 aromatic heterocycles. The Hall–Kier alpha value is -0.670. The number of benzene rings is 1. The maximum absolute atomic E-state index is 12.3. The van der Waals surface area contributed by atoms with Gasteiger partial charge in [-0.2, -0.15) is 0 Å². The molecule has 2 rings (SSSR count). The van der Waals surface area contributed by atoms with Crippen LogP contribution in [0.2, 0.25) is 5.02 Å². The fourth-order valence-electron chi connectivity index (χ4n) is 1.50. The number of aromatic nitrogens is 1. The van der Waals surface area contributed by atoms with E-state index in [0.717, 1.165) is 4.88 Å². The Morgan fingerprint density at radius 3 is 2.80 bits per heavy atom. The van der Waals surface area contributed by atoms with Crippen LogP contribution in [0.4, 0.5) is 5.69 Å². The van der Waals surface area contributed by atoms with E-state index in [2.05, 4.69) is 25.6 Å². The molecule has 0 aliphatic carbocycles. The SMILES string of the molecule is Cc1cnc(CNS(=O)(=O)c2cc(Cl)cc(N)c2Br)s1. The summed E-state index contributed by atoms with van der Waals surface area (Å²) in [6.07, 6.45) is 1.70. The molecule has 0 saturated carbocycles. The Morgan fingerprint density at radius 2 is 2.20 bits per heavy atom. The van der Waals surface area contributed by atoms with Crippen LogP contribution in [0.5, 0.6) is 0 Å². The highest BCUT2D eigenvalue weighted by atomic mass is 79.9. The van der Waals surface area contributed by atoms with Crippen LogP contribution in [0.1, 0.15) is 9.88 Å². The van der Waals surface area contributed by atoms with Crippen LogP contribution in [0, 0.1) is 6.92 Å². The minimum Gasteiger partial charge on any atom is -0.398 e. The fourth-order valence-corrected chi connectivity index (χ4v) is 4.59. The van der Waals surface area contributed by atoms with Crippen molar-refractivity contribution in [3.05, 3.63) is 37.7 Å². The van der Waals surface area contributed by atoms with E-state index < -0.39 is 10.0 Å². The molecule has 0 spiro atoms. The number of anilines is 1. The van der Waals surface area contributed by atoms with Crippen molar-refractivity contribution in [1.29, 1.82) is 0 Å². The molecule has 0 aliphatic rings. The molecule has 0 fully saturated rings. The third-order valence-corrected chi connectivity index (χ3v) is 6.11. The number of nitrogen functional groups attached to an aromatic ring is 1. The van der Waals surface area contributed by atoms with E-state index in [0.29, 0.717) is 9.48 Å². The summed E-state index contributed by atoms with van der Waals surface area (Å²) in [6.45, 7) is 2.03. The van der Waals surface area contributed by atoms with E-state index in [4.69, 9.17) is 17.3 Å². The second-order valence-corrected chi connectivity index (χ2v) is 8.28. The number of thiazole rings is 1. The minimum atomic E-state index is -3.72. The van der Waals surface area contributed by atoms with E-state index >= 15 is 0 Å². The molecule has 9 heteroatoms. The summed E-state index contributed by atoms with van der Waals surface area (Å²) in [5.41, 5.74) is 5.96. The molecular weight excluding hydrogens is 386 g/mol. The lowest BCUT2D eigenvalue weighted by Gasteiger charge is -2.09. The van der Waals surface area contributed by atoms with Gasteiger partial charge in [0.15, 0.2) is 0 Å². The van der Waals surface area contributed by atoms with Crippen molar-refractivity contribution in [3.63, 3.8) is 0 Å². The predicted molar refractivity (Wildman–Crippen MR) is 84.4 cm³/mol. The molecule has 20 heavy (non-hydrogen) atoms. The van der Waals surface area contributed by atoms with Gasteiger partial charge in [0.25, 0.3) is 0 Å². The first-order chi connectivity index (χ1) is 9.29. The maximum atomic E-state index is 12.3. The Morgan fingerprint density at radius 1 is 1.50 bits per heavy atom. The van der Waals surface area contributed by atoms with E-state index in [1.54, 1.807) is 6.20 Å². The van der Waals surface area contributed by atoms with Crippen LogP contribution < -0.4 is 10.5 Å². The van der Waals surface area contributed by atoms with Crippen LogP contribution in [-0.2, 0) is 16.6 Å². The van der Waals surface area contributed by atoms with Gasteiger partial charge in [0.05, 0.1) is 15.9 Å². The van der Waals surface area contributed by atoms with Gasteiger partial charge in [0.2, 0.25) is 10.0 Å². The summed E-state index contributed by atoms with van der Waals surface area (Å²) in [5, 5.41) is 0.952. The average molecular weight is 397 g/mol. The van der Waals surface area contributed by atoms with Crippen LogP contribution in [0.3, 0.4) is 0 Å². The highest BCUT2D eigenvalue weighted by molar-refractivity contribution is 9.10. The van der Waals surface area contributed by atoms with E-state index in [1.807, 2.05) is 6.92 Å². The summed E-state index contributed by atoms with van der Waals surface area (Å²) < 4.78 is 27.3. The second kappa shape index (κ2) is 5.98. The normalized spacial score (nSPS) is 11.8. The first kappa shape index (κ1) is 15.7. The van der Waals surface area contributed by atoms with E-state index in [-0.39, 0.29) is 22.2 Å². The van der Waals surface area contributed by atoms with Crippen molar-refractivity contribution in [2.45, 2.75) is 18.4 Å². The van der Waals surface area contributed by atoms with Crippen LogP contribution in [-0.4, -0.2) is 13.4 Å². The van der Waals surface area contributed by atoms with Gasteiger partial charge in [-0.15, -0.1) is 11.3 Å². The number of aryl methyl sites for hydroxylation is 1. The van der Waals surface area contributed by atoms with Crippen LogP contribution in [0.15, 0.2) is 27.7 Å². The standard InChI is InChI=1S/C11H11BrClN3O2S2/c1-6-4-15-10(19-6)5-16-20(17,18)9-3-7(13)2-8(14)11(9)12/h2-4,16H,5,14H2,1H3. The van der Waals surface area contributed by atoms with Gasteiger partial charge < -0.3 is 5.73 Å². The zero-order valence-electron chi connectivity index (χ0n) is 10.4. The smallest absolute Gasteiger partial charge is 0.242 e. The topological polar surface area (TPSA) is 85.1 Å². The average Bonchev–Trinajstić information content (AvgIpc) is 2.77. The van der Waals surface area contributed by atoms with E-state index in [1.165, 1.54) is 23.5 Å². The molecule has 0 aliphatic heterocycles.